The fraction of sp³-hybridized carbons (Fsp3) is 0.348. The molecule has 2 aromatic carbocycles. The van der Waals surface area contributed by atoms with Crippen LogP contribution in [0.1, 0.15) is 11.1 Å². The Morgan fingerprint density at radius 2 is 1.74 bits per heavy atom. The van der Waals surface area contributed by atoms with Crippen molar-refractivity contribution in [3.8, 4) is 5.75 Å². The number of carbonyl (C=O) groups is 1. The van der Waals surface area contributed by atoms with Gasteiger partial charge >= 0.3 is 18.5 Å². The number of carboxylic acids is 1. The number of hydrogen-bond acceptors (Lipinski definition) is 5. The van der Waals surface area contributed by atoms with Gasteiger partial charge < -0.3 is 20.0 Å². The number of quaternary nitrogens is 1. The van der Waals surface area contributed by atoms with Crippen molar-refractivity contribution in [2.24, 2.45) is 0 Å². The Balaban J connectivity index is 0.000000673. The number of aromatic nitrogens is 1. The van der Waals surface area contributed by atoms with Crippen LogP contribution in [0, 0.1) is 5.82 Å². The molecule has 2 N–H and O–H groups in total. The van der Waals surface area contributed by atoms with E-state index in [0.29, 0.717) is 24.9 Å². The van der Waals surface area contributed by atoms with Crippen molar-refractivity contribution in [2.75, 3.05) is 19.4 Å². The molecule has 0 bridgehead atoms. The Kier molecular flexibility index (Phi) is 10.3. The topological polar surface area (TPSA) is 105 Å². The third-order valence-electron chi connectivity index (χ3n) is 5.05. The molecule has 1 aromatic heterocycles. The van der Waals surface area contributed by atoms with Gasteiger partial charge in [-0.15, -0.1) is 0 Å². The summed E-state index contributed by atoms with van der Waals surface area (Å²) in [7, 11) is -3.60. The van der Waals surface area contributed by atoms with Gasteiger partial charge in [0.1, 0.15) is 24.1 Å². The number of hydrogen-bond donors (Lipinski definition) is 1. The number of carboxylic acid groups (broad SMARTS) is 1. The number of ether oxygens (including phenoxy) is 1. The molecule has 0 spiro atoms. The van der Waals surface area contributed by atoms with Crippen LogP contribution in [0.2, 0.25) is 0 Å². The largest absolute Gasteiger partial charge is 0.542 e. The summed E-state index contributed by atoms with van der Waals surface area (Å²) < 4.78 is 126. The normalized spacial score (nSPS) is 12.4. The summed E-state index contributed by atoms with van der Waals surface area (Å²) in [5, 5.41) is 11.3. The van der Waals surface area contributed by atoms with Crippen LogP contribution in [-0.4, -0.2) is 56.3 Å². The monoisotopic (exact) mass is 590 g/mol. The molecule has 0 saturated carbocycles. The minimum absolute atomic E-state index is 0.0643. The predicted molar refractivity (Wildman–Crippen MR) is 120 cm³/mol. The van der Waals surface area contributed by atoms with Gasteiger partial charge in [0, 0.05) is 23.6 Å². The zero-order chi connectivity index (χ0) is 29.6. The van der Waals surface area contributed by atoms with Crippen LogP contribution < -0.4 is 15.2 Å². The molecule has 216 valence electrons. The van der Waals surface area contributed by atoms with Gasteiger partial charge in [-0.25, -0.2) is 25.6 Å². The number of benzene rings is 2. The van der Waals surface area contributed by atoms with Crippen LogP contribution in [0.3, 0.4) is 0 Å². The van der Waals surface area contributed by atoms with Crippen molar-refractivity contribution in [3.63, 3.8) is 0 Å². The van der Waals surface area contributed by atoms with Crippen LogP contribution in [0.4, 0.5) is 35.1 Å². The second-order valence-electron chi connectivity index (χ2n) is 8.19. The molecule has 0 saturated heterocycles. The summed E-state index contributed by atoms with van der Waals surface area (Å²) in [4.78, 5) is 8.78. The Labute approximate surface area is 217 Å². The summed E-state index contributed by atoms with van der Waals surface area (Å²) >= 11 is 0. The molecule has 0 atom stereocenters. The highest BCUT2D eigenvalue weighted by atomic mass is 32.2. The van der Waals surface area contributed by atoms with Crippen molar-refractivity contribution in [3.05, 3.63) is 65.6 Å². The molecule has 1 heterocycles. The molecule has 16 heteroatoms. The van der Waals surface area contributed by atoms with E-state index < -0.39 is 46.9 Å². The average molecular weight is 590 g/mol. The average Bonchev–Trinajstić information content (AvgIpc) is 3.18. The second kappa shape index (κ2) is 12.6. The van der Waals surface area contributed by atoms with E-state index in [1.165, 1.54) is 36.5 Å². The summed E-state index contributed by atoms with van der Waals surface area (Å²) in [6.45, 7) is -0.389. The fourth-order valence-electron chi connectivity index (χ4n) is 3.24. The fourth-order valence-corrected chi connectivity index (χ4v) is 4.07. The van der Waals surface area contributed by atoms with E-state index in [1.54, 1.807) is 12.1 Å². The van der Waals surface area contributed by atoms with E-state index in [9.17, 15) is 43.5 Å². The molecule has 0 aliphatic carbocycles. The first-order valence-corrected chi connectivity index (χ1v) is 12.7. The Hall–Kier alpha value is -3.40. The number of nitrogens with two attached hydrogens (primary N) is 1. The van der Waals surface area contributed by atoms with E-state index in [2.05, 4.69) is 0 Å². The lowest BCUT2D eigenvalue weighted by Crippen LogP contribution is -2.83. The first kappa shape index (κ1) is 31.8. The molecule has 0 aliphatic rings. The van der Waals surface area contributed by atoms with Gasteiger partial charge in [-0.1, -0.05) is 12.1 Å². The van der Waals surface area contributed by atoms with Gasteiger partial charge in [0.2, 0.25) is 10.0 Å². The number of fused-ring (bicyclic) bond motifs is 1. The van der Waals surface area contributed by atoms with Crippen molar-refractivity contribution in [1.82, 2.24) is 3.97 Å². The van der Waals surface area contributed by atoms with Gasteiger partial charge in [-0.05, 0) is 35.9 Å². The molecule has 0 amide bonds. The number of rotatable bonds is 10. The van der Waals surface area contributed by atoms with Gasteiger partial charge in [-0.3, -0.25) is 0 Å². The highest BCUT2D eigenvalue weighted by Gasteiger charge is 2.41. The minimum atomic E-state index is -5.19. The maximum Gasteiger partial charge on any atom is 0.430 e. The molecular weight excluding hydrogens is 568 g/mol. The second-order valence-corrected chi connectivity index (χ2v) is 10.0. The van der Waals surface area contributed by atoms with Crippen LogP contribution in [0.15, 0.2) is 48.7 Å². The Morgan fingerprint density at radius 1 is 1.10 bits per heavy atom. The van der Waals surface area contributed by atoms with Crippen LogP contribution in [0.5, 0.6) is 5.75 Å². The number of halogens is 8. The predicted octanol–water partition coefficient (Wildman–Crippen LogP) is 2.47. The van der Waals surface area contributed by atoms with Crippen LogP contribution >= 0.6 is 0 Å². The molecule has 0 unspecified atom stereocenters. The Bertz CT molecular complexity index is 1390. The van der Waals surface area contributed by atoms with E-state index in [-0.39, 0.29) is 11.3 Å². The number of carbonyl (C=O) groups excluding carboxylic acids is 1. The highest BCUT2D eigenvalue weighted by molar-refractivity contribution is 7.89. The molecule has 0 fully saturated rings. The van der Waals surface area contributed by atoms with Crippen molar-refractivity contribution in [1.29, 1.82) is 0 Å². The van der Waals surface area contributed by atoms with Gasteiger partial charge in [0.15, 0.2) is 6.61 Å². The Morgan fingerprint density at radius 3 is 2.31 bits per heavy atom. The standard InChI is InChI=1S/C21H21F5N2O3S.C2HF3O2/c1-32(29,30)28-12-15(18-6-5-16(22)10-19(18)28)7-8-27-11-14-3-2-4-17(9-14)31-13-21(25,26)20(23)24;3-2(4,5)1(6)7/h2-6,9-10,12,20,27H,7-8,11,13H2,1H3;(H,6,7). The first-order valence-electron chi connectivity index (χ1n) is 10.9. The van der Waals surface area contributed by atoms with Crippen LogP contribution in [0.25, 0.3) is 10.9 Å². The van der Waals surface area contributed by atoms with E-state index in [1.807, 2.05) is 5.32 Å². The molecule has 7 nitrogen and oxygen atoms in total. The smallest absolute Gasteiger partial charge is 0.430 e. The van der Waals surface area contributed by atoms with Gasteiger partial charge in [0.05, 0.1) is 18.3 Å². The zero-order valence-corrected chi connectivity index (χ0v) is 20.8. The quantitative estimate of drug-likeness (QED) is 0.289. The number of aliphatic carboxylic acids is 1. The van der Waals surface area contributed by atoms with Crippen molar-refractivity contribution in [2.45, 2.75) is 31.5 Å². The molecule has 0 aliphatic heterocycles. The highest BCUT2D eigenvalue weighted by Crippen LogP contribution is 2.25. The summed E-state index contributed by atoms with van der Waals surface area (Å²) in [5.74, 6) is -7.70. The molecule has 0 radical (unpaired) electrons. The van der Waals surface area contributed by atoms with Gasteiger partial charge in [0.25, 0.3) is 0 Å². The lowest BCUT2D eigenvalue weighted by atomic mass is 10.1. The zero-order valence-electron chi connectivity index (χ0n) is 20.0. The molecule has 3 rings (SSSR count). The van der Waals surface area contributed by atoms with Crippen molar-refractivity contribution >= 4 is 26.9 Å². The maximum absolute atomic E-state index is 13.6. The summed E-state index contributed by atoms with van der Waals surface area (Å²) in [6, 6.07) is 10.2. The van der Waals surface area contributed by atoms with E-state index in [0.717, 1.165) is 21.4 Å². The lowest BCUT2D eigenvalue weighted by Gasteiger charge is -2.16. The maximum atomic E-state index is 13.6. The van der Waals surface area contributed by atoms with E-state index >= 15 is 0 Å². The SMILES string of the molecule is CS(=O)(=O)n1cc(CC[NH2+]Cc2cccc(OCC(F)(F)C(F)F)c2)c2ccc(F)cc21.O=C([O-])C(F)(F)F. The third-order valence-corrected chi connectivity index (χ3v) is 6.07. The molecule has 39 heavy (non-hydrogen) atoms. The molecular formula is C23H22F8N2O5S. The first-order chi connectivity index (χ1) is 17.9. The minimum Gasteiger partial charge on any atom is -0.542 e. The summed E-state index contributed by atoms with van der Waals surface area (Å²) in [6.07, 6.45) is -5.98. The lowest BCUT2D eigenvalue weighted by molar-refractivity contribution is -0.670. The third kappa shape index (κ3) is 9.38. The van der Waals surface area contributed by atoms with Crippen molar-refractivity contribution < 1.29 is 63.5 Å². The number of alkyl halides is 7. The number of nitrogens with zero attached hydrogens (tertiary/aromatic N) is 1. The van der Waals surface area contributed by atoms with E-state index in [4.69, 9.17) is 14.6 Å². The van der Waals surface area contributed by atoms with Crippen LogP contribution in [-0.2, 0) is 27.8 Å². The summed E-state index contributed by atoms with van der Waals surface area (Å²) in [5.41, 5.74) is 1.75. The molecule has 3 aromatic rings. The van der Waals surface area contributed by atoms with Gasteiger partial charge in [-0.2, -0.15) is 22.0 Å².